The molecule has 0 heterocycles. The molecule has 1 unspecified atom stereocenters. The van der Waals surface area contributed by atoms with Gasteiger partial charge in [-0.15, -0.1) is 0 Å². The first-order chi connectivity index (χ1) is 5.63. The summed E-state index contributed by atoms with van der Waals surface area (Å²) in [6.45, 7) is 4.62. The van der Waals surface area contributed by atoms with Crippen molar-refractivity contribution in [2.75, 3.05) is 27.4 Å². The zero-order chi connectivity index (χ0) is 9.56. The van der Waals surface area contributed by atoms with Crippen LogP contribution in [-0.2, 0) is 9.47 Å². The van der Waals surface area contributed by atoms with Crippen molar-refractivity contribution in [2.45, 2.75) is 19.9 Å². The van der Waals surface area contributed by atoms with Gasteiger partial charge in [-0.25, -0.2) is 4.79 Å². The predicted molar refractivity (Wildman–Crippen MR) is 46.1 cm³/mol. The maximum absolute atomic E-state index is 11.1. The van der Waals surface area contributed by atoms with Crippen LogP contribution in [0.15, 0.2) is 0 Å². The molecule has 0 aliphatic rings. The highest BCUT2D eigenvalue weighted by atomic mass is 16.6. The summed E-state index contributed by atoms with van der Waals surface area (Å²) >= 11 is 0. The van der Waals surface area contributed by atoms with E-state index in [0.717, 1.165) is 0 Å². The van der Waals surface area contributed by atoms with E-state index < -0.39 is 0 Å². The van der Waals surface area contributed by atoms with Gasteiger partial charge in [0.05, 0.1) is 19.3 Å². The molecule has 0 spiro atoms. The molecule has 1 amide bonds. The molecule has 0 saturated carbocycles. The molecule has 0 rings (SSSR count). The molecule has 12 heavy (non-hydrogen) atoms. The molecule has 0 aromatic carbocycles. The van der Waals surface area contributed by atoms with Crippen LogP contribution in [-0.4, -0.2) is 44.4 Å². The van der Waals surface area contributed by atoms with Crippen molar-refractivity contribution in [1.82, 2.24) is 4.90 Å². The maximum Gasteiger partial charge on any atom is 0.409 e. The number of ether oxygens (including phenoxy) is 2. The second-order valence-electron chi connectivity index (χ2n) is 2.61. The van der Waals surface area contributed by atoms with Gasteiger partial charge in [0, 0.05) is 14.2 Å². The molecule has 4 heteroatoms. The fourth-order valence-electron chi connectivity index (χ4n) is 0.758. The monoisotopic (exact) mass is 175 g/mol. The smallest absolute Gasteiger partial charge is 0.409 e. The minimum Gasteiger partial charge on any atom is -0.450 e. The zero-order valence-corrected chi connectivity index (χ0v) is 8.16. The highest BCUT2D eigenvalue weighted by Crippen LogP contribution is 1.98. The van der Waals surface area contributed by atoms with Crippen LogP contribution in [0.1, 0.15) is 13.8 Å². The summed E-state index contributed by atoms with van der Waals surface area (Å²) < 4.78 is 9.71. The Morgan fingerprint density at radius 1 is 1.58 bits per heavy atom. The number of carbonyl (C=O) groups is 1. The van der Waals surface area contributed by atoms with Crippen LogP contribution in [0.4, 0.5) is 4.79 Å². The Morgan fingerprint density at radius 2 is 2.17 bits per heavy atom. The van der Waals surface area contributed by atoms with Crippen molar-refractivity contribution in [3.8, 4) is 0 Å². The Hall–Kier alpha value is -0.770. The van der Waals surface area contributed by atoms with Crippen LogP contribution in [0.5, 0.6) is 0 Å². The van der Waals surface area contributed by atoms with Crippen LogP contribution in [0, 0.1) is 0 Å². The van der Waals surface area contributed by atoms with Gasteiger partial charge in [0.2, 0.25) is 0 Å². The van der Waals surface area contributed by atoms with Crippen LogP contribution < -0.4 is 0 Å². The van der Waals surface area contributed by atoms with Gasteiger partial charge >= 0.3 is 6.09 Å². The lowest BCUT2D eigenvalue weighted by Gasteiger charge is -2.23. The normalized spacial score (nSPS) is 12.3. The minimum absolute atomic E-state index is 0.0500. The topological polar surface area (TPSA) is 38.8 Å². The number of hydrogen-bond acceptors (Lipinski definition) is 3. The molecular weight excluding hydrogens is 158 g/mol. The lowest BCUT2D eigenvalue weighted by Crippen LogP contribution is -2.38. The number of amides is 1. The average molecular weight is 175 g/mol. The van der Waals surface area contributed by atoms with E-state index in [4.69, 9.17) is 9.47 Å². The molecule has 0 fully saturated rings. The van der Waals surface area contributed by atoms with Gasteiger partial charge in [0.25, 0.3) is 0 Å². The summed E-state index contributed by atoms with van der Waals surface area (Å²) in [5.74, 6) is 0. The summed E-state index contributed by atoms with van der Waals surface area (Å²) in [5.41, 5.74) is 0. The Balaban J connectivity index is 3.82. The zero-order valence-electron chi connectivity index (χ0n) is 8.16. The molecule has 0 radical (unpaired) electrons. The third-order valence-corrected chi connectivity index (χ3v) is 1.62. The standard InChI is InChI=1S/C8H17NO3/c1-5-12-8(10)9(3)7(2)6-11-4/h7H,5-6H2,1-4H3. The van der Waals surface area contributed by atoms with E-state index in [-0.39, 0.29) is 12.1 Å². The molecule has 0 saturated heterocycles. The van der Waals surface area contributed by atoms with Crippen molar-refractivity contribution in [3.63, 3.8) is 0 Å². The van der Waals surface area contributed by atoms with Gasteiger partial charge in [-0.1, -0.05) is 0 Å². The number of carbonyl (C=O) groups excluding carboxylic acids is 1. The summed E-state index contributed by atoms with van der Waals surface area (Å²) in [4.78, 5) is 12.6. The molecule has 4 nitrogen and oxygen atoms in total. The average Bonchev–Trinajstić information content (AvgIpc) is 2.04. The first kappa shape index (κ1) is 11.2. The van der Waals surface area contributed by atoms with Crippen molar-refractivity contribution in [2.24, 2.45) is 0 Å². The number of hydrogen-bond donors (Lipinski definition) is 0. The third-order valence-electron chi connectivity index (χ3n) is 1.62. The predicted octanol–water partition coefficient (Wildman–Crippen LogP) is 1.11. The van der Waals surface area contributed by atoms with Gasteiger partial charge in [0.1, 0.15) is 0 Å². The van der Waals surface area contributed by atoms with Gasteiger partial charge < -0.3 is 14.4 Å². The number of methoxy groups -OCH3 is 1. The number of rotatable bonds is 4. The van der Waals surface area contributed by atoms with Crippen molar-refractivity contribution in [1.29, 1.82) is 0 Å². The lowest BCUT2D eigenvalue weighted by molar-refractivity contribution is 0.0777. The molecule has 0 aromatic rings. The van der Waals surface area contributed by atoms with E-state index in [9.17, 15) is 4.79 Å². The minimum atomic E-state index is -0.304. The summed E-state index contributed by atoms with van der Waals surface area (Å²) in [7, 11) is 3.30. The van der Waals surface area contributed by atoms with Crippen LogP contribution >= 0.6 is 0 Å². The Labute approximate surface area is 73.4 Å². The summed E-state index contributed by atoms with van der Waals surface area (Å²) in [6.07, 6.45) is -0.304. The first-order valence-electron chi connectivity index (χ1n) is 4.02. The highest BCUT2D eigenvalue weighted by Gasteiger charge is 2.15. The molecule has 0 aromatic heterocycles. The molecular formula is C8H17NO3. The van der Waals surface area contributed by atoms with E-state index in [2.05, 4.69) is 0 Å². The summed E-state index contributed by atoms with van der Waals surface area (Å²) in [6, 6.07) is 0.0500. The van der Waals surface area contributed by atoms with Gasteiger partial charge in [-0.05, 0) is 13.8 Å². The highest BCUT2D eigenvalue weighted by molar-refractivity contribution is 5.67. The fourth-order valence-corrected chi connectivity index (χ4v) is 0.758. The Morgan fingerprint density at radius 3 is 2.58 bits per heavy atom. The molecule has 72 valence electrons. The molecule has 0 aliphatic heterocycles. The number of likely N-dealkylation sites (N-methyl/N-ethyl adjacent to an activating group) is 1. The van der Waals surface area contributed by atoms with Crippen LogP contribution in [0.25, 0.3) is 0 Å². The van der Waals surface area contributed by atoms with Gasteiger partial charge in [-0.2, -0.15) is 0 Å². The van der Waals surface area contributed by atoms with Crippen LogP contribution in [0.2, 0.25) is 0 Å². The van der Waals surface area contributed by atoms with E-state index in [1.165, 1.54) is 4.90 Å². The molecule has 0 bridgehead atoms. The second kappa shape index (κ2) is 5.83. The number of nitrogens with zero attached hydrogens (tertiary/aromatic N) is 1. The first-order valence-corrected chi connectivity index (χ1v) is 4.02. The fraction of sp³-hybridized carbons (Fsp3) is 0.875. The molecule has 0 aliphatic carbocycles. The van der Waals surface area contributed by atoms with E-state index in [1.807, 2.05) is 6.92 Å². The van der Waals surface area contributed by atoms with Crippen molar-refractivity contribution >= 4 is 6.09 Å². The van der Waals surface area contributed by atoms with Crippen molar-refractivity contribution < 1.29 is 14.3 Å². The quantitative estimate of drug-likeness (QED) is 0.642. The lowest BCUT2D eigenvalue weighted by atomic mass is 10.3. The third kappa shape index (κ3) is 3.57. The Kier molecular flexibility index (Phi) is 5.45. The van der Waals surface area contributed by atoms with E-state index in [0.29, 0.717) is 13.2 Å². The maximum atomic E-state index is 11.1. The molecule has 0 N–H and O–H groups in total. The SMILES string of the molecule is CCOC(=O)N(C)C(C)COC. The molecule has 1 atom stereocenters. The second-order valence-corrected chi connectivity index (χ2v) is 2.61. The van der Waals surface area contributed by atoms with Crippen molar-refractivity contribution in [3.05, 3.63) is 0 Å². The Bertz CT molecular complexity index is 138. The largest absolute Gasteiger partial charge is 0.450 e. The van der Waals surface area contributed by atoms with E-state index >= 15 is 0 Å². The van der Waals surface area contributed by atoms with Gasteiger partial charge in [-0.3, -0.25) is 0 Å². The van der Waals surface area contributed by atoms with Gasteiger partial charge in [0.15, 0.2) is 0 Å². The van der Waals surface area contributed by atoms with E-state index in [1.54, 1.807) is 21.1 Å². The summed E-state index contributed by atoms with van der Waals surface area (Å²) in [5, 5.41) is 0. The van der Waals surface area contributed by atoms with Crippen LogP contribution in [0.3, 0.4) is 0 Å².